The summed E-state index contributed by atoms with van der Waals surface area (Å²) in [5.74, 6) is 0.512. The highest BCUT2D eigenvalue weighted by atomic mass is 32.2. The average molecular weight is 364 g/mol. The summed E-state index contributed by atoms with van der Waals surface area (Å²) in [6, 6.07) is 11.8. The van der Waals surface area contributed by atoms with Crippen LogP contribution < -0.4 is 16.4 Å². The van der Waals surface area contributed by atoms with E-state index >= 15 is 0 Å². The van der Waals surface area contributed by atoms with E-state index in [1.807, 2.05) is 29.7 Å². The third kappa shape index (κ3) is 4.35. The Bertz CT molecular complexity index is 880. The van der Waals surface area contributed by atoms with Crippen LogP contribution in [-0.2, 0) is 6.42 Å². The highest BCUT2D eigenvalue weighted by Gasteiger charge is 2.16. The minimum Gasteiger partial charge on any atom is -0.399 e. The Morgan fingerprint density at radius 2 is 2.12 bits per heavy atom. The quantitative estimate of drug-likeness (QED) is 0.533. The molecule has 0 bridgehead atoms. The smallest absolute Gasteiger partial charge is 0.223 e. The highest BCUT2D eigenvalue weighted by molar-refractivity contribution is 8.06. The van der Waals surface area contributed by atoms with E-state index in [2.05, 4.69) is 33.6 Å². The van der Waals surface area contributed by atoms with E-state index in [9.17, 15) is 5.26 Å². The summed E-state index contributed by atoms with van der Waals surface area (Å²) in [7, 11) is 0. The summed E-state index contributed by atoms with van der Waals surface area (Å²) in [6.45, 7) is 2.77. The van der Waals surface area contributed by atoms with Crippen LogP contribution in [0.15, 0.2) is 52.7 Å². The predicted molar refractivity (Wildman–Crippen MR) is 107 cm³/mol. The normalized spacial score (nSPS) is 15.0. The van der Waals surface area contributed by atoms with Crippen molar-refractivity contribution in [2.24, 2.45) is 0 Å². The lowest BCUT2D eigenvalue weighted by Gasteiger charge is -2.08. The predicted octanol–water partition coefficient (Wildman–Crippen LogP) is 3.49. The molecule has 0 spiro atoms. The minimum absolute atomic E-state index is 0.512. The van der Waals surface area contributed by atoms with Crippen LogP contribution in [0.5, 0.6) is 0 Å². The molecule has 1 aliphatic rings. The number of hydrogen-bond donors (Lipinski definition) is 3. The maximum atomic E-state index is 9.56. The number of nitrogen functional groups attached to an aromatic ring is 1. The molecular weight excluding hydrogens is 344 g/mol. The van der Waals surface area contributed by atoms with Gasteiger partial charge in [0, 0.05) is 24.1 Å². The van der Waals surface area contributed by atoms with Gasteiger partial charge in [0.1, 0.15) is 11.6 Å². The Kier molecular flexibility index (Phi) is 5.77. The maximum Gasteiger partial charge on any atom is 0.223 e. The van der Waals surface area contributed by atoms with Gasteiger partial charge >= 0.3 is 0 Å². The van der Waals surface area contributed by atoms with Gasteiger partial charge in [0.25, 0.3) is 0 Å². The molecule has 26 heavy (non-hydrogen) atoms. The van der Waals surface area contributed by atoms with Crippen molar-refractivity contribution in [3.8, 4) is 6.07 Å². The topological polar surface area (TPSA) is 99.7 Å². The van der Waals surface area contributed by atoms with Crippen molar-refractivity contribution in [2.75, 3.05) is 17.6 Å². The fourth-order valence-electron chi connectivity index (χ4n) is 2.44. The number of aromatic nitrogens is 2. The van der Waals surface area contributed by atoms with Gasteiger partial charge in [-0.05, 0) is 42.0 Å². The number of rotatable bonds is 6. The standard InChI is InChI=1S/C19H20N6S/c1-2-15-12-26-18(24-15)16(11-20)17-8-10-23-19(25-17)22-9-7-13-3-5-14(21)6-4-13/h3-6,8,10,12,24H,2,7,9,21H2,1H3,(H,22,23,25)/b18-16-. The number of nitriles is 1. The molecule has 2 aromatic rings. The van der Waals surface area contributed by atoms with Crippen molar-refractivity contribution in [1.82, 2.24) is 15.3 Å². The molecule has 2 heterocycles. The molecule has 0 amide bonds. The number of allylic oxidation sites excluding steroid dienone is 2. The van der Waals surface area contributed by atoms with E-state index in [4.69, 9.17) is 5.73 Å². The second-order valence-electron chi connectivity index (χ2n) is 5.74. The lowest BCUT2D eigenvalue weighted by molar-refractivity contribution is 0.949. The summed E-state index contributed by atoms with van der Waals surface area (Å²) in [5, 5.41) is 18.9. The number of hydrogen-bond acceptors (Lipinski definition) is 7. The molecular formula is C19H20N6S. The lowest BCUT2D eigenvalue weighted by Crippen LogP contribution is -2.10. The van der Waals surface area contributed by atoms with Gasteiger partial charge in [-0.25, -0.2) is 9.97 Å². The van der Waals surface area contributed by atoms with E-state index in [1.165, 1.54) is 17.3 Å². The van der Waals surface area contributed by atoms with Crippen molar-refractivity contribution < 1.29 is 0 Å². The summed E-state index contributed by atoms with van der Waals surface area (Å²) in [6.07, 6.45) is 3.40. The molecule has 1 aliphatic heterocycles. The number of benzene rings is 1. The van der Waals surface area contributed by atoms with Gasteiger partial charge in [-0.2, -0.15) is 5.26 Å². The maximum absolute atomic E-state index is 9.56. The third-order valence-corrected chi connectivity index (χ3v) is 4.85. The van der Waals surface area contributed by atoms with E-state index in [1.54, 1.807) is 12.3 Å². The second-order valence-corrected chi connectivity index (χ2v) is 6.62. The van der Waals surface area contributed by atoms with Crippen LogP contribution in [0.25, 0.3) is 5.57 Å². The van der Waals surface area contributed by atoms with Crippen LogP contribution in [-0.4, -0.2) is 16.5 Å². The van der Waals surface area contributed by atoms with Gasteiger partial charge in [0.05, 0.1) is 10.7 Å². The van der Waals surface area contributed by atoms with E-state index in [0.29, 0.717) is 23.8 Å². The van der Waals surface area contributed by atoms with Crippen molar-refractivity contribution in [2.45, 2.75) is 19.8 Å². The van der Waals surface area contributed by atoms with Gasteiger partial charge in [0.2, 0.25) is 5.95 Å². The monoisotopic (exact) mass is 364 g/mol. The number of thioether (sulfide) groups is 1. The summed E-state index contributed by atoms with van der Waals surface area (Å²) in [4.78, 5) is 8.73. The molecule has 6 nitrogen and oxygen atoms in total. The van der Waals surface area contributed by atoms with Gasteiger partial charge in [0.15, 0.2) is 0 Å². The fraction of sp³-hybridized carbons (Fsp3) is 0.211. The molecule has 0 aliphatic carbocycles. The molecule has 132 valence electrons. The second kappa shape index (κ2) is 8.41. The van der Waals surface area contributed by atoms with E-state index in [-0.39, 0.29) is 0 Å². The van der Waals surface area contributed by atoms with Gasteiger partial charge in [-0.15, -0.1) is 0 Å². The number of nitrogens with zero attached hydrogens (tertiary/aromatic N) is 3. The molecule has 7 heteroatoms. The molecule has 1 aromatic heterocycles. The van der Waals surface area contributed by atoms with Crippen molar-refractivity contribution in [3.63, 3.8) is 0 Å². The van der Waals surface area contributed by atoms with Gasteiger partial charge in [-0.3, -0.25) is 0 Å². The van der Waals surface area contributed by atoms with Crippen LogP contribution in [0.4, 0.5) is 11.6 Å². The first kappa shape index (κ1) is 17.8. The molecule has 0 saturated carbocycles. The van der Waals surface area contributed by atoms with Crippen LogP contribution in [0.2, 0.25) is 0 Å². The summed E-state index contributed by atoms with van der Waals surface area (Å²) in [5.41, 5.74) is 9.88. The number of nitrogens with two attached hydrogens (primary N) is 1. The fourth-order valence-corrected chi connectivity index (χ4v) is 3.38. The molecule has 4 N–H and O–H groups in total. The Morgan fingerprint density at radius 3 is 2.81 bits per heavy atom. The molecule has 0 saturated heterocycles. The molecule has 0 fully saturated rings. The first-order valence-electron chi connectivity index (χ1n) is 8.38. The first-order chi connectivity index (χ1) is 12.7. The van der Waals surface area contributed by atoms with Gasteiger partial charge in [-0.1, -0.05) is 30.8 Å². The Hall–Kier alpha value is -2.98. The largest absolute Gasteiger partial charge is 0.399 e. The molecule has 1 aromatic carbocycles. The number of anilines is 2. The molecule has 3 rings (SSSR count). The van der Waals surface area contributed by atoms with Crippen molar-refractivity contribution >= 4 is 29.0 Å². The SMILES string of the molecule is CCC1=CS/C(=C(/C#N)c2ccnc(NCCc3ccc(N)cc3)n2)N1. The highest BCUT2D eigenvalue weighted by Crippen LogP contribution is 2.31. The Labute approximate surface area is 157 Å². The first-order valence-corrected chi connectivity index (χ1v) is 9.26. The molecule has 0 unspecified atom stereocenters. The van der Waals surface area contributed by atoms with Gasteiger partial charge < -0.3 is 16.4 Å². The molecule has 0 atom stereocenters. The Balaban J connectivity index is 1.67. The van der Waals surface area contributed by atoms with Crippen molar-refractivity contribution in [1.29, 1.82) is 5.26 Å². The van der Waals surface area contributed by atoms with Crippen LogP contribution in [0, 0.1) is 11.3 Å². The van der Waals surface area contributed by atoms with Crippen LogP contribution in [0.1, 0.15) is 24.6 Å². The summed E-state index contributed by atoms with van der Waals surface area (Å²) < 4.78 is 0. The molecule has 0 radical (unpaired) electrons. The third-order valence-electron chi connectivity index (χ3n) is 3.90. The lowest BCUT2D eigenvalue weighted by atomic mass is 10.1. The van der Waals surface area contributed by atoms with Crippen molar-refractivity contribution in [3.05, 3.63) is 63.9 Å². The van der Waals surface area contributed by atoms with E-state index in [0.717, 1.165) is 29.3 Å². The minimum atomic E-state index is 0.512. The zero-order valence-electron chi connectivity index (χ0n) is 14.5. The average Bonchev–Trinajstić information content (AvgIpc) is 3.13. The van der Waals surface area contributed by atoms with E-state index < -0.39 is 0 Å². The zero-order valence-corrected chi connectivity index (χ0v) is 15.3. The number of nitrogens with one attached hydrogen (secondary N) is 2. The summed E-state index contributed by atoms with van der Waals surface area (Å²) >= 11 is 1.52. The zero-order chi connectivity index (χ0) is 18.4. The Morgan fingerprint density at radius 1 is 1.31 bits per heavy atom. The van der Waals surface area contributed by atoms with Crippen LogP contribution in [0.3, 0.4) is 0 Å². The van der Waals surface area contributed by atoms with Crippen LogP contribution >= 0.6 is 11.8 Å².